The number of fused-ring (bicyclic) bond motifs is 1. The van der Waals surface area contributed by atoms with E-state index in [2.05, 4.69) is 14.7 Å². The molecule has 4 bridgehead atoms. The van der Waals surface area contributed by atoms with Crippen molar-refractivity contribution >= 4 is 58.6 Å². The second-order valence-corrected chi connectivity index (χ2v) is 9.03. The molecule has 0 saturated heterocycles. The van der Waals surface area contributed by atoms with Gasteiger partial charge in [-0.25, -0.2) is 9.97 Å². The van der Waals surface area contributed by atoms with Crippen molar-refractivity contribution in [2.24, 2.45) is 0 Å². The average molecular weight is 484 g/mol. The number of ether oxygens (including phenoxy) is 2. The lowest BCUT2D eigenvalue weighted by Gasteiger charge is -2.26. The summed E-state index contributed by atoms with van der Waals surface area (Å²) in [7, 11) is 0. The Bertz CT molecular complexity index is 1250. The van der Waals surface area contributed by atoms with Gasteiger partial charge in [-0.2, -0.15) is 0 Å². The van der Waals surface area contributed by atoms with Crippen molar-refractivity contribution in [2.45, 2.75) is 26.4 Å². The maximum absolute atomic E-state index is 12.6. The highest BCUT2D eigenvalue weighted by molar-refractivity contribution is 6.46. The topological polar surface area (TPSA) is 81.6 Å². The fraction of sp³-hybridized carbons (Fsp3) is 0.167. The van der Waals surface area contributed by atoms with Crippen molar-refractivity contribution in [3.8, 4) is 11.8 Å². The first-order chi connectivity index (χ1) is 15.7. The van der Waals surface area contributed by atoms with Gasteiger partial charge in [0.25, 0.3) is 12.4 Å². The highest BCUT2D eigenvalue weighted by Gasteiger charge is 2.46. The molecule has 1 amide bonds. The minimum absolute atomic E-state index is 0.0800. The fourth-order valence-corrected chi connectivity index (χ4v) is 3.71. The molecule has 4 heterocycles. The van der Waals surface area contributed by atoms with Gasteiger partial charge >= 0.3 is 6.01 Å². The van der Waals surface area contributed by atoms with Crippen LogP contribution in [-0.4, -0.2) is 27.9 Å². The lowest BCUT2D eigenvalue weighted by Crippen LogP contribution is -2.22. The third-order valence-corrected chi connectivity index (χ3v) is 5.12. The molecule has 9 heteroatoms. The highest BCUT2D eigenvalue weighted by atomic mass is 35.5. The van der Waals surface area contributed by atoms with Gasteiger partial charge in [-0.05, 0) is 63.2 Å². The predicted molar refractivity (Wildman–Crippen MR) is 127 cm³/mol. The first kappa shape index (κ1) is 22.8. The molecule has 0 radical (unpaired) electrons. The third kappa shape index (κ3) is 4.69. The molecule has 0 saturated carbocycles. The largest absolute Gasteiger partial charge is 0.462 e. The number of anilines is 2. The van der Waals surface area contributed by atoms with Crippen molar-refractivity contribution in [1.29, 1.82) is 0 Å². The lowest BCUT2D eigenvalue weighted by molar-refractivity contribution is -0.138. The molecule has 0 spiro atoms. The van der Waals surface area contributed by atoms with E-state index in [-0.39, 0.29) is 17.5 Å². The molecule has 3 aromatic rings. The van der Waals surface area contributed by atoms with Gasteiger partial charge < -0.3 is 9.47 Å². The second kappa shape index (κ2) is 8.84. The van der Waals surface area contributed by atoms with Gasteiger partial charge in [-0.3, -0.25) is 14.5 Å². The van der Waals surface area contributed by atoms with Crippen molar-refractivity contribution in [2.75, 3.05) is 4.90 Å². The van der Waals surface area contributed by atoms with E-state index in [0.29, 0.717) is 33.4 Å². The van der Waals surface area contributed by atoms with E-state index in [1.54, 1.807) is 59.8 Å². The zero-order valence-electron chi connectivity index (χ0n) is 18.0. The van der Waals surface area contributed by atoms with Crippen molar-refractivity contribution in [1.82, 2.24) is 9.97 Å². The summed E-state index contributed by atoms with van der Waals surface area (Å²) >= 11 is 12.2. The van der Waals surface area contributed by atoms with E-state index in [9.17, 15) is 9.59 Å². The number of carbonyl (C=O) groups is 2. The van der Waals surface area contributed by atoms with E-state index in [0.717, 1.165) is 16.9 Å². The van der Waals surface area contributed by atoms with E-state index in [1.807, 2.05) is 20.8 Å². The summed E-state index contributed by atoms with van der Waals surface area (Å²) in [6.45, 7) is 5.92. The first-order valence-corrected chi connectivity index (χ1v) is 10.7. The summed E-state index contributed by atoms with van der Waals surface area (Å²) in [6, 6.07) is 10.7. The van der Waals surface area contributed by atoms with Crippen LogP contribution >= 0.6 is 23.2 Å². The van der Waals surface area contributed by atoms with Gasteiger partial charge in [0.05, 0.1) is 16.9 Å². The number of hydrogen-bond acceptors (Lipinski definition) is 6. The monoisotopic (exact) mass is 483 g/mol. The Hall–Kier alpha value is -3.42. The molecule has 6 rings (SSSR count). The van der Waals surface area contributed by atoms with Crippen LogP contribution in [0.25, 0.3) is 11.6 Å². The summed E-state index contributed by atoms with van der Waals surface area (Å²) < 4.78 is 10.3. The predicted octanol–water partition coefficient (Wildman–Crippen LogP) is 6.07. The number of carbonyl (C=O) groups excluding carboxylic acids is 2. The summed E-state index contributed by atoms with van der Waals surface area (Å²) in [5.41, 5.74) is 3.51. The molecule has 168 valence electrons. The minimum atomic E-state index is -0.318. The summed E-state index contributed by atoms with van der Waals surface area (Å²) in [5, 5.41) is 1.16. The quantitative estimate of drug-likeness (QED) is 0.331. The highest BCUT2D eigenvalue weighted by Crippen LogP contribution is 2.57. The van der Waals surface area contributed by atoms with Crippen LogP contribution < -0.4 is 9.64 Å². The Kier molecular flexibility index (Phi) is 6.10. The van der Waals surface area contributed by atoms with Crippen molar-refractivity contribution in [3.05, 3.63) is 70.0 Å². The minimum Gasteiger partial charge on any atom is -0.462 e. The molecule has 0 unspecified atom stereocenters. The standard InChI is InChI=1S/C19H9Cl2N3O2.C5H10O2/c20-11-2-3-16(26-19-22-4-1-5-23-19)10(6-11)7-13-17-14-8-12(21)9-15(17)24(14)18(13)25;1-5(2,3)7-4-6/h1-9H;4H,1-3H3. The van der Waals surface area contributed by atoms with Crippen LogP contribution in [0.1, 0.15) is 31.9 Å². The van der Waals surface area contributed by atoms with Gasteiger partial charge in [0, 0.05) is 33.6 Å². The second-order valence-electron chi connectivity index (χ2n) is 8.16. The maximum Gasteiger partial charge on any atom is 0.321 e. The van der Waals surface area contributed by atoms with E-state index < -0.39 is 0 Å². The van der Waals surface area contributed by atoms with Crippen molar-refractivity contribution in [3.63, 3.8) is 0 Å². The molecular weight excluding hydrogens is 465 g/mol. The van der Waals surface area contributed by atoms with Crippen LogP contribution in [0.5, 0.6) is 11.8 Å². The number of rotatable bonds is 4. The molecule has 3 aliphatic rings. The number of aromatic nitrogens is 2. The summed E-state index contributed by atoms with van der Waals surface area (Å²) in [5.74, 6) is 0.432. The number of amides is 1. The average Bonchev–Trinajstić information content (AvgIpc) is 3.18. The Balaban J connectivity index is 0.000000325. The molecule has 7 nitrogen and oxygen atoms in total. The summed E-state index contributed by atoms with van der Waals surface area (Å²) in [4.78, 5) is 32.0. The zero-order valence-corrected chi connectivity index (χ0v) is 19.5. The molecule has 0 fully saturated rings. The molecule has 0 aliphatic carbocycles. The Morgan fingerprint density at radius 2 is 1.67 bits per heavy atom. The third-order valence-electron chi connectivity index (χ3n) is 4.66. The SMILES string of the molecule is CC(C)(C)OC=O.O=C1C(=Cc2cc(Cl)ccc2Oc2ncccn2)c2c3cc(Cl)cc2N13. The van der Waals surface area contributed by atoms with Crippen LogP contribution in [0.4, 0.5) is 11.4 Å². The Morgan fingerprint density at radius 3 is 2.24 bits per heavy atom. The molecule has 2 aromatic carbocycles. The van der Waals surface area contributed by atoms with Gasteiger partial charge in [-0.1, -0.05) is 23.2 Å². The number of nitrogens with zero attached hydrogens (tertiary/aromatic N) is 3. The Labute approximate surface area is 200 Å². The van der Waals surface area contributed by atoms with Crippen LogP contribution in [0.3, 0.4) is 0 Å². The fourth-order valence-electron chi connectivity index (χ4n) is 3.33. The Morgan fingerprint density at radius 1 is 1.00 bits per heavy atom. The number of halogens is 2. The van der Waals surface area contributed by atoms with Gasteiger partial charge in [0.2, 0.25) is 0 Å². The zero-order chi connectivity index (χ0) is 23.8. The maximum atomic E-state index is 12.6. The van der Waals surface area contributed by atoms with Crippen LogP contribution in [0.2, 0.25) is 10.0 Å². The molecule has 0 atom stereocenters. The van der Waals surface area contributed by atoms with Crippen LogP contribution in [0.15, 0.2) is 48.8 Å². The van der Waals surface area contributed by atoms with Crippen LogP contribution in [-0.2, 0) is 14.3 Å². The van der Waals surface area contributed by atoms with Gasteiger partial charge in [-0.15, -0.1) is 0 Å². The normalized spacial score (nSPS) is 14.4. The number of benzene rings is 2. The molecular formula is C24H19Cl2N3O4. The molecule has 33 heavy (non-hydrogen) atoms. The van der Waals surface area contributed by atoms with Crippen LogP contribution in [0, 0.1) is 0 Å². The molecule has 3 aliphatic heterocycles. The van der Waals surface area contributed by atoms with Gasteiger partial charge in [0.1, 0.15) is 11.4 Å². The van der Waals surface area contributed by atoms with Crippen molar-refractivity contribution < 1.29 is 19.1 Å². The van der Waals surface area contributed by atoms with E-state index in [1.165, 1.54) is 0 Å². The van der Waals surface area contributed by atoms with E-state index in [4.69, 9.17) is 27.9 Å². The number of hydrogen-bond donors (Lipinski definition) is 0. The smallest absolute Gasteiger partial charge is 0.321 e. The first-order valence-electron chi connectivity index (χ1n) is 9.94. The molecule has 0 N–H and O–H groups in total. The lowest BCUT2D eigenvalue weighted by atomic mass is 10.00. The molecule has 1 aromatic heterocycles. The van der Waals surface area contributed by atoms with E-state index >= 15 is 0 Å². The summed E-state index contributed by atoms with van der Waals surface area (Å²) in [6.07, 6.45) is 4.96. The van der Waals surface area contributed by atoms with Gasteiger partial charge in [0.15, 0.2) is 0 Å².